The van der Waals surface area contributed by atoms with Crippen LogP contribution in [0.5, 0.6) is 5.75 Å². The monoisotopic (exact) mass is 359 g/mol. The lowest BCUT2D eigenvalue weighted by Crippen LogP contribution is -2.50. The van der Waals surface area contributed by atoms with Crippen molar-refractivity contribution in [2.24, 2.45) is 11.8 Å². The molecule has 2 aliphatic rings. The van der Waals surface area contributed by atoms with Crippen molar-refractivity contribution < 1.29 is 14.3 Å². The van der Waals surface area contributed by atoms with Gasteiger partial charge in [0.2, 0.25) is 5.91 Å². The fourth-order valence-electron chi connectivity index (χ4n) is 4.04. The van der Waals surface area contributed by atoms with Crippen LogP contribution in [0.25, 0.3) is 0 Å². The maximum Gasteiger partial charge on any atom is 0.317 e. The molecule has 0 aliphatic carbocycles. The fourth-order valence-corrected chi connectivity index (χ4v) is 4.04. The first-order valence-electron chi connectivity index (χ1n) is 9.55. The van der Waals surface area contributed by atoms with E-state index < -0.39 is 0 Å². The number of nitrogens with one attached hydrogen (secondary N) is 1. The van der Waals surface area contributed by atoms with Gasteiger partial charge >= 0.3 is 6.03 Å². The summed E-state index contributed by atoms with van der Waals surface area (Å²) in [5.74, 6) is 1.88. The molecular weight excluding hydrogens is 330 g/mol. The minimum atomic E-state index is -0.144. The Morgan fingerprint density at radius 3 is 2.42 bits per heavy atom. The first-order chi connectivity index (χ1) is 12.5. The molecule has 3 rings (SSSR count). The lowest BCUT2D eigenvalue weighted by Gasteiger charge is -2.35. The average Bonchev–Trinajstić information content (AvgIpc) is 2.95. The van der Waals surface area contributed by atoms with E-state index in [0.717, 1.165) is 30.9 Å². The summed E-state index contributed by atoms with van der Waals surface area (Å²) >= 11 is 0. The van der Waals surface area contributed by atoms with Gasteiger partial charge in [-0.15, -0.1) is 0 Å². The Morgan fingerprint density at radius 1 is 1.15 bits per heavy atom. The van der Waals surface area contributed by atoms with Gasteiger partial charge < -0.3 is 19.9 Å². The van der Waals surface area contributed by atoms with Crippen LogP contribution in [0.2, 0.25) is 0 Å². The molecule has 2 heterocycles. The number of carbonyl (C=O) groups excluding carboxylic acids is 2. The Balaban J connectivity index is 1.58. The van der Waals surface area contributed by atoms with E-state index in [2.05, 4.69) is 19.2 Å². The second-order valence-corrected chi connectivity index (χ2v) is 7.63. The summed E-state index contributed by atoms with van der Waals surface area (Å²) in [7, 11) is 0. The molecule has 6 heteroatoms. The molecule has 2 fully saturated rings. The van der Waals surface area contributed by atoms with Crippen molar-refractivity contribution in [3.05, 3.63) is 24.3 Å². The third-order valence-corrected chi connectivity index (χ3v) is 5.07. The maximum absolute atomic E-state index is 12.6. The van der Waals surface area contributed by atoms with E-state index in [1.807, 2.05) is 36.1 Å². The highest BCUT2D eigenvalue weighted by molar-refractivity contribution is 5.96. The van der Waals surface area contributed by atoms with Crippen LogP contribution in [-0.2, 0) is 4.79 Å². The lowest BCUT2D eigenvalue weighted by molar-refractivity contribution is -0.117. The minimum absolute atomic E-state index is 0.0415. The van der Waals surface area contributed by atoms with Crippen molar-refractivity contribution in [2.45, 2.75) is 39.7 Å². The highest BCUT2D eigenvalue weighted by Crippen LogP contribution is 2.25. The largest absolute Gasteiger partial charge is 0.494 e. The molecule has 1 N–H and O–H groups in total. The minimum Gasteiger partial charge on any atom is -0.494 e. The number of hydrogen-bond donors (Lipinski definition) is 1. The van der Waals surface area contributed by atoms with Gasteiger partial charge in [-0.25, -0.2) is 4.79 Å². The summed E-state index contributed by atoms with van der Waals surface area (Å²) in [5.41, 5.74) is 0.843. The van der Waals surface area contributed by atoms with Crippen LogP contribution < -0.4 is 15.0 Å². The molecule has 142 valence electrons. The topological polar surface area (TPSA) is 61.9 Å². The summed E-state index contributed by atoms with van der Waals surface area (Å²) in [4.78, 5) is 28.6. The molecule has 3 amide bonds. The first kappa shape index (κ1) is 18.5. The zero-order valence-electron chi connectivity index (χ0n) is 15.9. The van der Waals surface area contributed by atoms with Crippen molar-refractivity contribution in [1.29, 1.82) is 0 Å². The summed E-state index contributed by atoms with van der Waals surface area (Å²) in [5, 5.41) is 3.05. The molecule has 2 saturated heterocycles. The van der Waals surface area contributed by atoms with Gasteiger partial charge in [0.25, 0.3) is 0 Å². The Bertz CT molecular complexity index is 636. The Hall–Kier alpha value is -2.24. The van der Waals surface area contributed by atoms with Crippen LogP contribution in [0.15, 0.2) is 24.3 Å². The standard InChI is InChI=1S/C20H29N3O3/c1-4-26-18-7-5-17(6-8-18)23-13-16(10-19(23)24)21-20(25)22-11-14(2)9-15(3)12-22/h5-8,14-16H,4,9-13H2,1-3H3,(H,21,25)/t14-,15-,16-/m0/s1. The van der Waals surface area contributed by atoms with Crippen LogP contribution >= 0.6 is 0 Å². The number of likely N-dealkylation sites (tertiary alicyclic amines) is 1. The lowest BCUT2D eigenvalue weighted by atomic mass is 9.92. The molecule has 0 radical (unpaired) electrons. The molecule has 0 aromatic heterocycles. The van der Waals surface area contributed by atoms with Gasteiger partial charge in [0.1, 0.15) is 5.75 Å². The van der Waals surface area contributed by atoms with Crippen molar-refractivity contribution in [1.82, 2.24) is 10.2 Å². The molecular formula is C20H29N3O3. The molecule has 0 saturated carbocycles. The Labute approximate surface area is 155 Å². The van der Waals surface area contributed by atoms with Gasteiger partial charge in [-0.2, -0.15) is 0 Å². The summed E-state index contributed by atoms with van der Waals surface area (Å²) in [6, 6.07) is 7.33. The number of hydrogen-bond acceptors (Lipinski definition) is 3. The molecule has 1 aromatic rings. The highest BCUT2D eigenvalue weighted by atomic mass is 16.5. The van der Waals surface area contributed by atoms with Gasteiger partial charge in [-0.3, -0.25) is 4.79 Å². The third kappa shape index (κ3) is 4.29. The predicted octanol–water partition coefficient (Wildman–Crippen LogP) is 2.88. The molecule has 1 aromatic carbocycles. The first-order valence-corrected chi connectivity index (χ1v) is 9.55. The molecule has 0 bridgehead atoms. The number of rotatable bonds is 4. The van der Waals surface area contributed by atoms with E-state index in [1.54, 1.807) is 4.90 Å². The van der Waals surface area contributed by atoms with Gasteiger partial charge in [-0.05, 0) is 49.4 Å². The van der Waals surface area contributed by atoms with Crippen molar-refractivity contribution in [3.63, 3.8) is 0 Å². The summed E-state index contributed by atoms with van der Waals surface area (Å²) in [6.45, 7) is 9.01. The number of piperidine rings is 1. The van der Waals surface area contributed by atoms with Gasteiger partial charge in [0, 0.05) is 31.7 Å². The zero-order valence-corrected chi connectivity index (χ0v) is 15.9. The number of anilines is 1. The van der Waals surface area contributed by atoms with Gasteiger partial charge in [0.15, 0.2) is 0 Å². The number of amides is 3. The van der Waals surface area contributed by atoms with Crippen molar-refractivity contribution >= 4 is 17.6 Å². The quantitative estimate of drug-likeness (QED) is 0.899. The smallest absolute Gasteiger partial charge is 0.317 e. The normalized spacial score (nSPS) is 26.1. The fraction of sp³-hybridized carbons (Fsp3) is 0.600. The second-order valence-electron chi connectivity index (χ2n) is 7.63. The molecule has 3 atom stereocenters. The summed E-state index contributed by atoms with van der Waals surface area (Å²) in [6.07, 6.45) is 1.51. The van der Waals surface area contributed by atoms with E-state index in [-0.39, 0.29) is 18.0 Å². The van der Waals surface area contributed by atoms with Crippen molar-refractivity contribution in [3.8, 4) is 5.75 Å². The van der Waals surface area contributed by atoms with Gasteiger partial charge in [-0.1, -0.05) is 13.8 Å². The maximum atomic E-state index is 12.6. The van der Waals surface area contributed by atoms with Crippen LogP contribution in [0.1, 0.15) is 33.6 Å². The number of nitrogens with zero attached hydrogens (tertiary/aromatic N) is 2. The van der Waals surface area contributed by atoms with Crippen LogP contribution in [-0.4, -0.2) is 49.1 Å². The second kappa shape index (κ2) is 7.98. The molecule has 2 aliphatic heterocycles. The average molecular weight is 359 g/mol. The predicted molar refractivity (Wildman–Crippen MR) is 101 cm³/mol. The SMILES string of the molecule is CCOc1ccc(N2C[C@@H](NC(=O)N3C[C@@H](C)C[C@H](C)C3)CC2=O)cc1. The highest BCUT2D eigenvalue weighted by Gasteiger charge is 2.33. The molecule has 26 heavy (non-hydrogen) atoms. The molecule has 6 nitrogen and oxygen atoms in total. The van der Waals surface area contributed by atoms with Crippen LogP contribution in [0.3, 0.4) is 0 Å². The Kier molecular flexibility index (Phi) is 5.69. The number of carbonyl (C=O) groups is 2. The molecule has 0 unspecified atom stereocenters. The van der Waals surface area contributed by atoms with E-state index in [1.165, 1.54) is 0 Å². The zero-order chi connectivity index (χ0) is 18.7. The van der Waals surface area contributed by atoms with E-state index in [4.69, 9.17) is 4.74 Å². The number of benzene rings is 1. The van der Waals surface area contributed by atoms with Crippen molar-refractivity contribution in [2.75, 3.05) is 31.1 Å². The van der Waals surface area contributed by atoms with E-state index >= 15 is 0 Å². The summed E-state index contributed by atoms with van der Waals surface area (Å²) < 4.78 is 5.44. The molecule has 0 spiro atoms. The van der Waals surface area contributed by atoms with Crippen LogP contribution in [0, 0.1) is 11.8 Å². The van der Waals surface area contributed by atoms with E-state index in [0.29, 0.717) is 31.4 Å². The number of urea groups is 1. The third-order valence-electron chi connectivity index (χ3n) is 5.07. The van der Waals surface area contributed by atoms with E-state index in [9.17, 15) is 9.59 Å². The van der Waals surface area contributed by atoms with Gasteiger partial charge in [0.05, 0.1) is 12.6 Å². The van der Waals surface area contributed by atoms with Crippen LogP contribution in [0.4, 0.5) is 10.5 Å². The Morgan fingerprint density at radius 2 is 1.81 bits per heavy atom. The number of ether oxygens (including phenoxy) is 1.